The highest BCUT2D eigenvalue weighted by Crippen LogP contribution is 2.15. The zero-order valence-corrected chi connectivity index (χ0v) is 8.77. The summed E-state index contributed by atoms with van der Waals surface area (Å²) < 4.78 is 8.98. The van der Waals surface area contributed by atoms with Crippen molar-refractivity contribution in [2.75, 3.05) is 14.2 Å². The molecule has 0 aliphatic rings. The molecular weight excluding hydrogens is 212 g/mol. The lowest BCUT2D eigenvalue weighted by molar-refractivity contribution is 0.0555. The lowest BCUT2D eigenvalue weighted by atomic mass is 10.0. The van der Waals surface area contributed by atoms with E-state index in [1.165, 1.54) is 25.3 Å². The number of ether oxygens (including phenoxy) is 2. The second-order valence-electron chi connectivity index (χ2n) is 2.81. The quantitative estimate of drug-likeness (QED) is 0.703. The van der Waals surface area contributed by atoms with Crippen molar-refractivity contribution in [3.8, 4) is 0 Å². The average molecular weight is 221 g/mol. The first kappa shape index (κ1) is 11.9. The van der Waals surface area contributed by atoms with Crippen LogP contribution < -0.4 is 0 Å². The number of esters is 2. The summed E-state index contributed by atoms with van der Waals surface area (Å²) in [5.41, 5.74) is -0.184. The predicted octanol–water partition coefficient (Wildman–Crippen LogP) is 0.718. The molecule has 0 atom stereocenters. The molecule has 83 valence electrons. The molecule has 0 N–H and O–H groups in total. The second kappa shape index (κ2) is 5.06. The van der Waals surface area contributed by atoms with E-state index in [0.717, 1.165) is 7.11 Å². The van der Waals surface area contributed by atoms with Gasteiger partial charge in [-0.05, 0) is 12.1 Å². The topological polar surface area (TPSA) is 69.7 Å². The van der Waals surface area contributed by atoms with Gasteiger partial charge in [-0.15, -0.1) is 0 Å². The highest BCUT2D eigenvalue weighted by Gasteiger charge is 2.21. The summed E-state index contributed by atoms with van der Waals surface area (Å²) in [4.78, 5) is 33.4. The predicted molar refractivity (Wildman–Crippen MR) is 53.9 cm³/mol. The minimum absolute atomic E-state index is 0.0183. The summed E-state index contributed by atoms with van der Waals surface area (Å²) in [6.45, 7) is 0. The van der Waals surface area contributed by atoms with Crippen molar-refractivity contribution in [1.82, 2.24) is 0 Å². The highest BCUT2D eigenvalue weighted by atomic mass is 16.5. The fourth-order valence-corrected chi connectivity index (χ4v) is 1.24. The number of hydrogen-bond donors (Lipinski definition) is 0. The fourth-order valence-electron chi connectivity index (χ4n) is 1.24. The summed E-state index contributed by atoms with van der Waals surface area (Å²) in [5, 5.41) is 0. The van der Waals surface area contributed by atoms with E-state index in [0.29, 0.717) is 0 Å². The Morgan fingerprint density at radius 3 is 2.25 bits per heavy atom. The van der Waals surface area contributed by atoms with Crippen LogP contribution >= 0.6 is 0 Å². The molecule has 1 rings (SSSR count). The molecule has 5 nitrogen and oxygen atoms in total. The van der Waals surface area contributed by atoms with Gasteiger partial charge in [0.25, 0.3) is 0 Å². The molecule has 5 heteroatoms. The van der Waals surface area contributed by atoms with E-state index in [-0.39, 0.29) is 16.7 Å². The van der Waals surface area contributed by atoms with E-state index < -0.39 is 11.9 Å². The third-order valence-corrected chi connectivity index (χ3v) is 1.97. The van der Waals surface area contributed by atoms with E-state index in [9.17, 15) is 14.4 Å². The largest absolute Gasteiger partial charge is 0.465 e. The third-order valence-electron chi connectivity index (χ3n) is 1.97. The maximum absolute atomic E-state index is 11.4. The Morgan fingerprint density at radius 1 is 1.12 bits per heavy atom. The van der Waals surface area contributed by atoms with Crippen molar-refractivity contribution in [3.63, 3.8) is 0 Å². The molecule has 0 aliphatic carbocycles. The van der Waals surface area contributed by atoms with Crippen LogP contribution in [0.25, 0.3) is 0 Å². The van der Waals surface area contributed by atoms with Crippen molar-refractivity contribution in [1.29, 1.82) is 0 Å². The Bertz CT molecular complexity index is 436. The molecule has 0 amide bonds. The third kappa shape index (κ3) is 2.08. The number of carbonyl (C=O) groups is 2. The Hall–Kier alpha value is -2.17. The molecule has 0 saturated heterocycles. The molecule has 0 aliphatic heterocycles. The molecule has 0 heterocycles. The Balaban J connectivity index is 3.43. The number of benzene rings is 1. The standard InChI is InChI=1S/C11H9O5/c1-15-10(13)8-5-3-4-7(6-12)9(8)11(14)16-2/h3-5H,1-2H3. The molecule has 16 heavy (non-hydrogen) atoms. The van der Waals surface area contributed by atoms with Crippen molar-refractivity contribution in [2.24, 2.45) is 0 Å². The molecule has 0 bridgehead atoms. The lowest BCUT2D eigenvalue weighted by Gasteiger charge is -2.07. The maximum atomic E-state index is 11.4. The van der Waals surface area contributed by atoms with Crippen LogP contribution in [0.3, 0.4) is 0 Å². The minimum Gasteiger partial charge on any atom is -0.465 e. The van der Waals surface area contributed by atoms with Gasteiger partial charge in [-0.3, -0.25) is 4.79 Å². The van der Waals surface area contributed by atoms with Gasteiger partial charge in [-0.1, -0.05) is 6.07 Å². The minimum atomic E-state index is -0.778. The first-order valence-corrected chi connectivity index (χ1v) is 4.33. The van der Waals surface area contributed by atoms with Gasteiger partial charge >= 0.3 is 11.9 Å². The van der Waals surface area contributed by atoms with Crippen LogP contribution in [0, 0.1) is 0 Å². The molecule has 0 spiro atoms. The molecule has 0 saturated carbocycles. The van der Waals surface area contributed by atoms with Gasteiger partial charge in [0.05, 0.1) is 25.3 Å². The Labute approximate surface area is 92.0 Å². The van der Waals surface area contributed by atoms with Gasteiger partial charge in [-0.25, -0.2) is 9.59 Å². The van der Waals surface area contributed by atoms with Gasteiger partial charge in [0, 0.05) is 5.56 Å². The van der Waals surface area contributed by atoms with Gasteiger partial charge in [0.1, 0.15) is 0 Å². The molecule has 0 aromatic heterocycles. The lowest BCUT2D eigenvalue weighted by Crippen LogP contribution is -2.14. The second-order valence-corrected chi connectivity index (χ2v) is 2.81. The maximum Gasteiger partial charge on any atom is 0.339 e. The van der Waals surface area contributed by atoms with Gasteiger partial charge in [0.2, 0.25) is 6.29 Å². The van der Waals surface area contributed by atoms with Crippen LogP contribution in [0.1, 0.15) is 26.3 Å². The van der Waals surface area contributed by atoms with Crippen LogP contribution in [-0.2, 0) is 14.3 Å². The molecule has 0 fully saturated rings. The Kier molecular flexibility index (Phi) is 3.77. The summed E-state index contributed by atoms with van der Waals surface area (Å²) in [6, 6.07) is 4.20. The monoisotopic (exact) mass is 221 g/mol. The fraction of sp³-hybridized carbons (Fsp3) is 0.182. The van der Waals surface area contributed by atoms with E-state index in [1.807, 2.05) is 0 Å². The normalized spacial score (nSPS) is 9.38. The number of hydrogen-bond acceptors (Lipinski definition) is 5. The van der Waals surface area contributed by atoms with E-state index in [2.05, 4.69) is 9.47 Å². The summed E-state index contributed by atoms with van der Waals surface area (Å²) in [5.74, 6) is -1.49. The number of carbonyl (C=O) groups excluding carboxylic acids is 3. The van der Waals surface area contributed by atoms with Crippen molar-refractivity contribution in [3.05, 3.63) is 34.9 Å². The highest BCUT2D eigenvalue weighted by molar-refractivity contribution is 6.07. The van der Waals surface area contributed by atoms with Crippen molar-refractivity contribution >= 4 is 18.2 Å². The summed E-state index contributed by atoms with van der Waals surface area (Å²) in [6.07, 6.45) is 1.57. The number of methoxy groups -OCH3 is 2. The van der Waals surface area contributed by atoms with Crippen LogP contribution in [0.5, 0.6) is 0 Å². The smallest absolute Gasteiger partial charge is 0.339 e. The molecule has 0 unspecified atom stereocenters. The SMILES string of the molecule is COC(=O)c1cccc([C]=O)c1C(=O)OC. The first-order chi connectivity index (χ1) is 7.65. The van der Waals surface area contributed by atoms with E-state index >= 15 is 0 Å². The molecular formula is C11H9O5. The van der Waals surface area contributed by atoms with Crippen LogP contribution in [0.2, 0.25) is 0 Å². The van der Waals surface area contributed by atoms with Crippen molar-refractivity contribution < 1.29 is 23.9 Å². The van der Waals surface area contributed by atoms with Gasteiger partial charge in [-0.2, -0.15) is 0 Å². The zero-order chi connectivity index (χ0) is 12.1. The molecule has 1 radical (unpaired) electrons. The summed E-state index contributed by atoms with van der Waals surface area (Å²) >= 11 is 0. The molecule has 1 aromatic carbocycles. The van der Waals surface area contributed by atoms with E-state index in [4.69, 9.17) is 0 Å². The number of rotatable bonds is 3. The first-order valence-electron chi connectivity index (χ1n) is 4.33. The van der Waals surface area contributed by atoms with Gasteiger partial charge in [0.15, 0.2) is 0 Å². The van der Waals surface area contributed by atoms with E-state index in [1.54, 1.807) is 6.29 Å². The van der Waals surface area contributed by atoms with Crippen molar-refractivity contribution in [2.45, 2.75) is 0 Å². The zero-order valence-electron chi connectivity index (χ0n) is 8.77. The average Bonchev–Trinajstić information content (AvgIpc) is 2.35. The van der Waals surface area contributed by atoms with Crippen LogP contribution in [0.4, 0.5) is 0 Å². The summed E-state index contributed by atoms with van der Waals surface area (Å²) in [7, 11) is 2.34. The van der Waals surface area contributed by atoms with Crippen LogP contribution in [0.15, 0.2) is 18.2 Å². The molecule has 1 aromatic rings. The van der Waals surface area contributed by atoms with Crippen LogP contribution in [-0.4, -0.2) is 32.4 Å². The Morgan fingerprint density at radius 2 is 1.75 bits per heavy atom. The van der Waals surface area contributed by atoms with Gasteiger partial charge < -0.3 is 9.47 Å².